The fourth-order valence-electron chi connectivity index (χ4n) is 2.02. The largest absolute Gasteiger partial charge is 0.242 e. The third-order valence-corrected chi connectivity index (χ3v) is 3.38. The standard InChI is InChI=1S/C17H11FN2S/c18-16-9-15(20-11-21)10-19-17(16)8-3-12-1-4-13(5-2-12)14-6-7-14/h1-2,4-5,9-10,14H,6-7H2. The van der Waals surface area contributed by atoms with Crippen LogP contribution in [0.5, 0.6) is 0 Å². The number of benzene rings is 1. The molecule has 1 heterocycles. The summed E-state index contributed by atoms with van der Waals surface area (Å²) in [7, 11) is 0. The molecule has 2 aromatic rings. The summed E-state index contributed by atoms with van der Waals surface area (Å²) in [6.45, 7) is 0. The minimum atomic E-state index is -0.511. The summed E-state index contributed by atoms with van der Waals surface area (Å²) in [5.74, 6) is 5.87. The van der Waals surface area contributed by atoms with Crippen LogP contribution in [0.3, 0.4) is 0 Å². The molecule has 0 amide bonds. The predicted molar refractivity (Wildman–Crippen MR) is 83.3 cm³/mol. The number of isothiocyanates is 1. The van der Waals surface area contributed by atoms with Gasteiger partial charge in [-0.05, 0) is 54.6 Å². The van der Waals surface area contributed by atoms with Crippen molar-refractivity contribution in [2.45, 2.75) is 18.8 Å². The molecule has 0 radical (unpaired) electrons. The zero-order valence-electron chi connectivity index (χ0n) is 11.1. The highest BCUT2D eigenvalue weighted by Gasteiger charge is 2.22. The highest BCUT2D eigenvalue weighted by atomic mass is 32.1. The van der Waals surface area contributed by atoms with Crippen LogP contribution in [-0.4, -0.2) is 10.1 Å². The lowest BCUT2D eigenvalue weighted by molar-refractivity contribution is 0.617. The number of aromatic nitrogens is 1. The Bertz CT molecular complexity index is 777. The molecule has 1 aromatic carbocycles. The van der Waals surface area contributed by atoms with Gasteiger partial charge < -0.3 is 0 Å². The SMILES string of the molecule is Fc1cc(N=C=S)cnc1C#Cc1ccc(C2CC2)cc1. The van der Waals surface area contributed by atoms with Crippen molar-refractivity contribution in [3.8, 4) is 11.8 Å². The molecule has 3 rings (SSSR count). The number of hydrogen-bond acceptors (Lipinski definition) is 3. The number of thiocarbonyl (C=S) groups is 1. The van der Waals surface area contributed by atoms with Crippen LogP contribution in [0.15, 0.2) is 41.5 Å². The number of pyridine rings is 1. The smallest absolute Gasteiger partial charge is 0.159 e. The first-order valence-electron chi connectivity index (χ1n) is 6.61. The molecule has 102 valence electrons. The highest BCUT2D eigenvalue weighted by Crippen LogP contribution is 2.39. The molecule has 0 aliphatic heterocycles. The van der Waals surface area contributed by atoms with Crippen molar-refractivity contribution < 1.29 is 4.39 Å². The Morgan fingerprint density at radius 1 is 1.19 bits per heavy atom. The average molecular weight is 294 g/mol. The van der Waals surface area contributed by atoms with Crippen molar-refractivity contribution in [3.63, 3.8) is 0 Å². The Balaban J connectivity index is 1.81. The summed E-state index contributed by atoms with van der Waals surface area (Å²) in [5.41, 5.74) is 2.64. The van der Waals surface area contributed by atoms with Crippen LogP contribution < -0.4 is 0 Å². The molecule has 21 heavy (non-hydrogen) atoms. The van der Waals surface area contributed by atoms with Gasteiger partial charge in [-0.15, -0.1) is 0 Å². The van der Waals surface area contributed by atoms with Gasteiger partial charge in [0.15, 0.2) is 5.82 Å². The summed E-state index contributed by atoms with van der Waals surface area (Å²) < 4.78 is 13.8. The number of rotatable bonds is 2. The second-order valence-electron chi connectivity index (χ2n) is 4.87. The first kappa shape index (κ1) is 13.6. The van der Waals surface area contributed by atoms with Crippen LogP contribution in [0.2, 0.25) is 0 Å². The Morgan fingerprint density at radius 3 is 2.57 bits per heavy atom. The van der Waals surface area contributed by atoms with E-state index in [-0.39, 0.29) is 5.69 Å². The quantitative estimate of drug-likeness (QED) is 0.470. The van der Waals surface area contributed by atoms with E-state index >= 15 is 0 Å². The number of hydrogen-bond donors (Lipinski definition) is 0. The molecule has 2 nitrogen and oxygen atoms in total. The zero-order valence-corrected chi connectivity index (χ0v) is 12.0. The van der Waals surface area contributed by atoms with Crippen molar-refractivity contribution in [1.82, 2.24) is 4.98 Å². The first-order valence-corrected chi connectivity index (χ1v) is 7.02. The molecule has 4 heteroatoms. The summed E-state index contributed by atoms with van der Waals surface area (Å²) in [5, 5.41) is 2.17. The molecule has 1 aromatic heterocycles. The minimum Gasteiger partial charge on any atom is -0.242 e. The Labute approximate surface area is 127 Å². The zero-order chi connectivity index (χ0) is 14.7. The molecule has 0 bridgehead atoms. The molecule has 0 spiro atoms. The molecule has 1 aliphatic carbocycles. The summed E-state index contributed by atoms with van der Waals surface area (Å²) in [6.07, 6.45) is 3.97. The number of nitrogens with zero attached hydrogens (tertiary/aromatic N) is 2. The molecule has 0 unspecified atom stereocenters. The van der Waals surface area contributed by atoms with Crippen molar-refractivity contribution in [2.75, 3.05) is 0 Å². The fraction of sp³-hybridized carbons (Fsp3) is 0.176. The van der Waals surface area contributed by atoms with Gasteiger partial charge in [-0.1, -0.05) is 18.1 Å². The molecular weight excluding hydrogens is 283 g/mol. The summed E-state index contributed by atoms with van der Waals surface area (Å²) in [6, 6.07) is 9.34. The van der Waals surface area contributed by atoms with Crippen molar-refractivity contribution in [2.24, 2.45) is 4.99 Å². The van der Waals surface area contributed by atoms with Gasteiger partial charge in [-0.2, -0.15) is 4.99 Å². The molecule has 0 saturated heterocycles. The van der Waals surface area contributed by atoms with E-state index < -0.39 is 5.82 Å². The second-order valence-corrected chi connectivity index (χ2v) is 5.06. The van der Waals surface area contributed by atoms with Crippen LogP contribution in [0.25, 0.3) is 0 Å². The van der Waals surface area contributed by atoms with E-state index in [0.717, 1.165) is 11.5 Å². The molecular formula is C17H11FN2S. The van der Waals surface area contributed by atoms with E-state index in [1.54, 1.807) is 0 Å². The maximum atomic E-state index is 13.8. The molecule has 1 saturated carbocycles. The van der Waals surface area contributed by atoms with Gasteiger partial charge in [-0.3, -0.25) is 0 Å². The van der Waals surface area contributed by atoms with Crippen LogP contribution in [0, 0.1) is 17.7 Å². The van der Waals surface area contributed by atoms with Crippen LogP contribution in [0.1, 0.15) is 35.6 Å². The Kier molecular flexibility index (Phi) is 3.87. The Hall–Kier alpha value is -2.34. The minimum absolute atomic E-state index is 0.101. The molecule has 0 atom stereocenters. The molecule has 1 aliphatic rings. The lowest BCUT2D eigenvalue weighted by Gasteiger charge is -1.97. The molecule has 1 fully saturated rings. The second kappa shape index (κ2) is 5.97. The van der Waals surface area contributed by atoms with Crippen molar-refractivity contribution in [1.29, 1.82) is 0 Å². The van der Waals surface area contributed by atoms with E-state index in [1.807, 2.05) is 12.1 Å². The highest BCUT2D eigenvalue weighted by molar-refractivity contribution is 7.78. The fourth-order valence-corrected chi connectivity index (χ4v) is 2.13. The summed E-state index contributed by atoms with van der Waals surface area (Å²) in [4.78, 5) is 7.61. The van der Waals surface area contributed by atoms with Gasteiger partial charge in [0.25, 0.3) is 0 Å². The predicted octanol–water partition coefficient (Wildman–Crippen LogP) is 4.23. The maximum Gasteiger partial charge on any atom is 0.159 e. The van der Waals surface area contributed by atoms with Gasteiger partial charge in [0.1, 0.15) is 5.69 Å². The van der Waals surface area contributed by atoms with Gasteiger partial charge in [0, 0.05) is 11.6 Å². The maximum absolute atomic E-state index is 13.8. The average Bonchev–Trinajstić information content (AvgIpc) is 3.32. The van der Waals surface area contributed by atoms with Gasteiger partial charge >= 0.3 is 0 Å². The first-order chi connectivity index (χ1) is 10.3. The van der Waals surface area contributed by atoms with E-state index in [4.69, 9.17) is 0 Å². The number of aliphatic imine (C=N–C) groups is 1. The van der Waals surface area contributed by atoms with Crippen molar-refractivity contribution in [3.05, 3.63) is 59.2 Å². The van der Waals surface area contributed by atoms with Gasteiger partial charge in [0.05, 0.1) is 17.0 Å². The lowest BCUT2D eigenvalue weighted by Crippen LogP contribution is -1.88. The lowest BCUT2D eigenvalue weighted by atomic mass is 10.1. The van der Waals surface area contributed by atoms with E-state index in [1.165, 1.54) is 30.7 Å². The van der Waals surface area contributed by atoms with E-state index in [9.17, 15) is 4.39 Å². The van der Waals surface area contributed by atoms with Crippen molar-refractivity contribution >= 4 is 23.1 Å². The number of halogens is 1. The summed E-state index contributed by atoms with van der Waals surface area (Å²) >= 11 is 4.46. The van der Waals surface area contributed by atoms with Gasteiger partial charge in [0.2, 0.25) is 0 Å². The van der Waals surface area contributed by atoms with E-state index in [0.29, 0.717) is 5.69 Å². The monoisotopic (exact) mass is 294 g/mol. The van der Waals surface area contributed by atoms with Crippen LogP contribution >= 0.6 is 12.2 Å². The Morgan fingerprint density at radius 2 is 1.95 bits per heavy atom. The third-order valence-electron chi connectivity index (χ3n) is 3.29. The third kappa shape index (κ3) is 3.41. The van der Waals surface area contributed by atoms with Gasteiger partial charge in [-0.25, -0.2) is 9.37 Å². The molecule has 0 N–H and O–H groups in total. The van der Waals surface area contributed by atoms with Crippen LogP contribution in [0.4, 0.5) is 10.1 Å². The van der Waals surface area contributed by atoms with Crippen LogP contribution in [-0.2, 0) is 0 Å². The normalized spacial score (nSPS) is 13.0. The topological polar surface area (TPSA) is 25.2 Å². The van der Waals surface area contributed by atoms with E-state index in [2.05, 4.69) is 51.3 Å².